The number of oxime groups is 1. The van der Waals surface area contributed by atoms with Gasteiger partial charge >= 0.3 is 5.97 Å². The first-order valence-corrected chi connectivity index (χ1v) is 16.7. The Bertz CT molecular complexity index is 1960. The Balaban J connectivity index is 1.37. The number of nitrogens with two attached hydrogens (primary N) is 1. The van der Waals surface area contributed by atoms with Gasteiger partial charge in [-0.2, -0.15) is 0 Å². The number of pyridine rings is 1. The lowest BCUT2D eigenvalue weighted by molar-refractivity contribution is -0.150. The van der Waals surface area contributed by atoms with Crippen molar-refractivity contribution in [2.75, 3.05) is 23.3 Å². The maximum atomic E-state index is 13.6. The van der Waals surface area contributed by atoms with Crippen LogP contribution in [0.4, 0.5) is 10.8 Å². The highest BCUT2D eigenvalue weighted by molar-refractivity contribution is 8.00. The molecule has 0 radical (unpaired) electrons. The van der Waals surface area contributed by atoms with Gasteiger partial charge in [0.15, 0.2) is 10.8 Å². The molecule has 18 heteroatoms. The molecule has 16 nitrogen and oxygen atoms in total. The normalized spacial score (nSPS) is 20.6. The van der Waals surface area contributed by atoms with E-state index in [2.05, 4.69) is 31.1 Å². The number of β-lactam (4-membered cyclic amide) rings is 1. The van der Waals surface area contributed by atoms with Crippen LogP contribution in [0.5, 0.6) is 5.75 Å². The van der Waals surface area contributed by atoms with Gasteiger partial charge in [0.2, 0.25) is 11.8 Å². The summed E-state index contributed by atoms with van der Waals surface area (Å²) in [5, 5.41) is 41.6. The number of fused-ring (bicyclic) bond motifs is 1. The van der Waals surface area contributed by atoms with Crippen molar-refractivity contribution in [3.63, 3.8) is 0 Å². The number of benzene rings is 1. The number of nitrogens with one attached hydrogen (secondary N) is 3. The molecule has 1 aromatic carbocycles. The van der Waals surface area contributed by atoms with Crippen molar-refractivity contribution >= 4 is 69.2 Å². The van der Waals surface area contributed by atoms with Crippen molar-refractivity contribution in [2.24, 2.45) is 5.16 Å². The summed E-state index contributed by atoms with van der Waals surface area (Å²) in [7, 11) is 0. The number of hydrogen-bond acceptors (Lipinski definition) is 13. The molecule has 3 aliphatic heterocycles. The van der Waals surface area contributed by atoms with E-state index < -0.39 is 52.6 Å². The third kappa shape index (κ3) is 6.55. The van der Waals surface area contributed by atoms with Crippen molar-refractivity contribution < 1.29 is 39.4 Å². The number of carbonyl (C=O) groups excluding carboxylic acids is 4. The van der Waals surface area contributed by atoms with Gasteiger partial charge in [-0.3, -0.25) is 29.1 Å². The molecule has 3 atom stereocenters. The van der Waals surface area contributed by atoms with E-state index in [0.717, 1.165) is 28.0 Å². The second-order valence-corrected chi connectivity index (χ2v) is 13.0. The Kier molecular flexibility index (Phi) is 9.32. The predicted octanol–water partition coefficient (Wildman–Crippen LogP) is 1.37. The summed E-state index contributed by atoms with van der Waals surface area (Å²) in [6.07, 6.45) is 3.06. The maximum Gasteiger partial charge on any atom is 0.352 e. The van der Waals surface area contributed by atoms with Crippen molar-refractivity contribution in [3.8, 4) is 5.75 Å². The number of nitrogens with zero attached hydrogens (tertiary/aromatic N) is 4. The second-order valence-electron chi connectivity index (χ2n) is 11.1. The minimum atomic E-state index is -1.44. The summed E-state index contributed by atoms with van der Waals surface area (Å²) in [6, 6.07) is 8.17. The molecule has 5 heterocycles. The lowest BCUT2D eigenvalue weighted by Gasteiger charge is -2.50. The molecule has 0 spiro atoms. The Hall–Kier alpha value is -5.75. The molecule has 1 unspecified atom stereocenters. The highest BCUT2D eigenvalue weighted by atomic mass is 32.2. The number of phenolic OH excluding ortho intramolecular Hbond substituents is 1. The summed E-state index contributed by atoms with van der Waals surface area (Å²) >= 11 is 2.18. The van der Waals surface area contributed by atoms with Gasteiger partial charge in [0.05, 0.1) is 0 Å². The zero-order chi connectivity index (χ0) is 34.8. The number of nitrogen functional groups attached to an aromatic ring is 1. The highest BCUT2D eigenvalue weighted by Crippen LogP contribution is 2.47. The van der Waals surface area contributed by atoms with Gasteiger partial charge < -0.3 is 37.1 Å². The molecule has 2 aromatic heterocycles. The SMILES string of the molecule is Nc1nc(C(=NO)C(=O)N[C@@H]2C(=O)N3C(C(=O)O)=C(C(=C4CCNC4=O)C(CC(=O)Nc4cccc(O)c4)c4cccnc4)CS[C@H]23)cs1. The lowest BCUT2D eigenvalue weighted by Crippen LogP contribution is -2.71. The molecular weight excluding hydrogens is 677 g/mol. The zero-order valence-electron chi connectivity index (χ0n) is 25.3. The summed E-state index contributed by atoms with van der Waals surface area (Å²) in [4.78, 5) is 75.5. The Morgan fingerprint density at radius 3 is 2.65 bits per heavy atom. The highest BCUT2D eigenvalue weighted by Gasteiger charge is 2.55. The number of carboxylic acid groups (broad SMARTS) is 1. The molecule has 3 aliphatic rings. The predicted molar refractivity (Wildman–Crippen MR) is 178 cm³/mol. The molecule has 0 bridgehead atoms. The van der Waals surface area contributed by atoms with E-state index in [0.29, 0.717) is 11.3 Å². The quantitative estimate of drug-likeness (QED) is 0.0520. The van der Waals surface area contributed by atoms with E-state index in [1.165, 1.54) is 29.9 Å². The third-order valence-corrected chi connectivity index (χ3v) is 10.0. The number of aromatic nitrogens is 2. The summed E-state index contributed by atoms with van der Waals surface area (Å²) in [5.74, 6) is -4.94. The van der Waals surface area contributed by atoms with Gasteiger partial charge in [-0.05, 0) is 41.3 Å². The van der Waals surface area contributed by atoms with Crippen LogP contribution in [-0.2, 0) is 24.0 Å². The molecule has 2 fully saturated rings. The number of aromatic hydroxyl groups is 1. The fourth-order valence-electron chi connectivity index (χ4n) is 5.97. The van der Waals surface area contributed by atoms with Crippen LogP contribution < -0.4 is 21.7 Å². The Labute approximate surface area is 285 Å². The van der Waals surface area contributed by atoms with Crippen molar-refractivity contribution in [1.29, 1.82) is 0 Å². The van der Waals surface area contributed by atoms with Gasteiger partial charge in [-0.15, -0.1) is 23.1 Å². The first kappa shape index (κ1) is 33.2. The molecule has 3 aromatic rings. The van der Waals surface area contributed by atoms with Crippen LogP contribution in [0, 0.1) is 0 Å². The number of thioether (sulfide) groups is 1. The lowest BCUT2D eigenvalue weighted by atomic mass is 9.80. The molecule has 4 amide bonds. The Morgan fingerprint density at radius 2 is 2.02 bits per heavy atom. The molecule has 252 valence electrons. The number of carbonyl (C=O) groups is 5. The summed E-state index contributed by atoms with van der Waals surface area (Å²) in [6.45, 7) is 0.286. The number of allylic oxidation sites excluding steroid dienone is 1. The number of thiazole rings is 1. The van der Waals surface area contributed by atoms with Gasteiger partial charge in [-0.25, -0.2) is 9.78 Å². The number of hydrogen-bond donors (Lipinski definition) is 7. The fourth-order valence-corrected chi connectivity index (χ4v) is 7.89. The number of anilines is 2. The smallest absolute Gasteiger partial charge is 0.352 e. The fraction of sp³-hybridized carbons (Fsp3) is 0.226. The molecule has 2 saturated heterocycles. The maximum absolute atomic E-state index is 13.6. The largest absolute Gasteiger partial charge is 0.508 e. The first-order valence-electron chi connectivity index (χ1n) is 14.7. The van der Waals surface area contributed by atoms with Gasteiger partial charge in [0.25, 0.3) is 11.8 Å². The molecule has 0 saturated carbocycles. The Morgan fingerprint density at radius 1 is 1.20 bits per heavy atom. The van der Waals surface area contributed by atoms with Crippen molar-refractivity contribution in [2.45, 2.75) is 30.2 Å². The van der Waals surface area contributed by atoms with E-state index in [9.17, 15) is 39.4 Å². The van der Waals surface area contributed by atoms with E-state index in [1.54, 1.807) is 24.3 Å². The monoisotopic (exact) mass is 704 g/mol. The first-order chi connectivity index (χ1) is 23.6. The average Bonchev–Trinajstić information content (AvgIpc) is 3.71. The number of phenols is 1. The van der Waals surface area contributed by atoms with E-state index in [4.69, 9.17) is 5.73 Å². The van der Waals surface area contributed by atoms with Crippen LogP contribution in [0.15, 0.2) is 81.7 Å². The van der Waals surface area contributed by atoms with Crippen LogP contribution in [-0.4, -0.2) is 89.3 Å². The molecule has 6 rings (SSSR count). The summed E-state index contributed by atoms with van der Waals surface area (Å²) < 4.78 is 0. The minimum Gasteiger partial charge on any atom is -0.508 e. The topological polar surface area (TPSA) is 250 Å². The molecular formula is C31H28N8O8S2. The number of carboxylic acids is 1. The molecule has 0 aliphatic carbocycles. The summed E-state index contributed by atoms with van der Waals surface area (Å²) in [5.41, 5.74) is 6.36. The van der Waals surface area contributed by atoms with Crippen molar-refractivity contribution in [3.05, 3.63) is 87.8 Å². The number of rotatable bonds is 10. The van der Waals surface area contributed by atoms with Gasteiger partial charge in [0.1, 0.15) is 28.6 Å². The number of amides is 4. The van der Waals surface area contributed by atoms with E-state index in [1.807, 2.05) is 0 Å². The second kappa shape index (κ2) is 13.8. The van der Waals surface area contributed by atoms with Crippen LogP contribution in [0.2, 0.25) is 0 Å². The van der Waals surface area contributed by atoms with Gasteiger partial charge in [0, 0.05) is 59.7 Å². The van der Waals surface area contributed by atoms with Crippen LogP contribution in [0.25, 0.3) is 0 Å². The minimum absolute atomic E-state index is 0.00304. The molecule has 8 N–H and O–H groups in total. The zero-order valence-corrected chi connectivity index (χ0v) is 27.0. The van der Waals surface area contributed by atoms with Crippen molar-refractivity contribution in [1.82, 2.24) is 25.5 Å². The van der Waals surface area contributed by atoms with E-state index >= 15 is 0 Å². The van der Waals surface area contributed by atoms with Crippen LogP contribution in [0.3, 0.4) is 0 Å². The van der Waals surface area contributed by atoms with E-state index in [-0.39, 0.29) is 64.1 Å². The standard InChI is InChI=1S/C31H28N8O8S2/c32-31-36-20(13-49-31)23(38-47)27(43)37-24-28(44)39-25(30(45)46)19(12-48-29(24)39)22(17-6-8-34-26(17)42)18(14-3-2-7-33-11-14)10-21(41)35-15-4-1-5-16(40)9-15/h1-5,7,9,11,13,18,24,29,40,47H,6,8,10,12H2,(H2,32,36)(H,34,42)(H,35,41)(H,37,43)(H,45,46)/t18?,24-,29-/m1/s1. The number of aliphatic carboxylic acids is 1. The van der Waals surface area contributed by atoms with Crippen LogP contribution in [0.1, 0.15) is 30.0 Å². The molecule has 49 heavy (non-hydrogen) atoms. The van der Waals surface area contributed by atoms with Crippen LogP contribution >= 0.6 is 23.1 Å². The third-order valence-electron chi connectivity index (χ3n) is 8.08. The van der Waals surface area contributed by atoms with Gasteiger partial charge in [-0.1, -0.05) is 17.3 Å². The average molecular weight is 705 g/mol.